The van der Waals surface area contributed by atoms with Crippen LogP contribution in [-0.2, 0) is 23.6 Å². The lowest BCUT2D eigenvalue weighted by Crippen LogP contribution is -2.30. The summed E-state index contributed by atoms with van der Waals surface area (Å²) in [7, 11) is 0. The Kier molecular flexibility index (Phi) is 15.5. The first-order valence-electron chi connectivity index (χ1n) is 40.6. The predicted molar refractivity (Wildman–Crippen MR) is 515 cm³/mol. The molecule has 7 nitrogen and oxygen atoms in total. The van der Waals surface area contributed by atoms with Crippen LogP contribution in [0.2, 0.25) is 0 Å². The Balaban J connectivity index is 0.000000133. The number of hydrogen-bond donors (Lipinski definition) is 0. The van der Waals surface area contributed by atoms with Crippen LogP contribution < -0.4 is 36.6 Å². The number of aromatic nitrogens is 6. The monoisotopic (exact) mass is 1620 g/mol. The van der Waals surface area contributed by atoms with Crippen LogP contribution in [0.25, 0.3) is 165 Å². The Morgan fingerprint density at radius 3 is 0.783 bits per heavy atom. The maximum atomic E-state index is 6.85. The van der Waals surface area contributed by atoms with Gasteiger partial charge in [-0.2, -0.15) is 0 Å². The molecule has 2 unspecified atom stereocenters. The third-order valence-electron chi connectivity index (χ3n) is 25.0. The summed E-state index contributed by atoms with van der Waals surface area (Å²) in [5.41, 5.74) is 20.8. The van der Waals surface area contributed by atoms with E-state index in [1.165, 1.54) is 134 Å². The molecular formula is C108H68N6OP2S3. The van der Waals surface area contributed by atoms with E-state index >= 15 is 0 Å². The molecule has 0 bridgehead atoms. The molecule has 2 aliphatic heterocycles. The van der Waals surface area contributed by atoms with Crippen molar-refractivity contribution < 1.29 is 4.74 Å². The zero-order valence-corrected chi connectivity index (χ0v) is 68.7. The van der Waals surface area contributed by atoms with Crippen LogP contribution in [0, 0.1) is 0 Å². The zero-order valence-electron chi connectivity index (χ0n) is 64.5. The normalized spacial score (nSPS) is 15.0. The smallest absolute Gasteiger partial charge is 0.138 e. The third kappa shape index (κ3) is 10.2. The minimum absolute atomic E-state index is 0.817. The van der Waals surface area contributed by atoms with Gasteiger partial charge in [0.15, 0.2) is 0 Å². The van der Waals surface area contributed by atoms with Crippen LogP contribution >= 0.6 is 23.8 Å². The standard InChI is InChI=1S/C54H34N3OPS.C54H34N3PS2/c60-59(38-14-2-1-3-15-38)53-25-13-12-24-51(53)58-52-34-37(28-31-54(52)59)57-49-29-26-35(55-45-20-8-4-16-39(45)40-17-5-9-21-46(40)55)32-43(49)44-33-36(27-30-50(44)57)56-47-22-10-6-18-41(47)42-19-7-11-23-48(42)56;59-58(38-14-2-1-3-15-38)51-24-12-13-25-53(51)60-54-34-37(28-31-52(54)58)57-49-29-26-35(55-45-20-8-4-16-39(45)40-17-5-9-21-46(40)55)32-43(49)44-33-36(27-30-50(44)57)56-47-22-10-6-18-41(47)42-19-7-11-23-48(42)56/h2*1-34H. The Labute approximate surface area is 704 Å². The van der Waals surface area contributed by atoms with Crippen LogP contribution in [0.15, 0.2) is 422 Å². The lowest BCUT2D eigenvalue weighted by atomic mass is 10.1. The first-order chi connectivity index (χ1) is 59.3. The summed E-state index contributed by atoms with van der Waals surface area (Å²) in [6, 6.07) is 145. The second kappa shape index (κ2) is 26.9. The fourth-order valence-corrected chi connectivity index (χ4v) is 30.3. The van der Waals surface area contributed by atoms with Crippen molar-refractivity contribution in [2.45, 2.75) is 9.79 Å². The highest BCUT2D eigenvalue weighted by Crippen LogP contribution is 2.55. The van der Waals surface area contributed by atoms with Crippen molar-refractivity contribution in [2.75, 3.05) is 0 Å². The number of nitrogens with zero attached hydrogens (tertiary/aromatic N) is 6. The fourth-order valence-electron chi connectivity index (χ4n) is 19.8. The van der Waals surface area contributed by atoms with Gasteiger partial charge in [-0.3, -0.25) is 0 Å². The Hall–Kier alpha value is -13.8. The van der Waals surface area contributed by atoms with Crippen molar-refractivity contribution in [3.63, 3.8) is 0 Å². The van der Waals surface area contributed by atoms with E-state index in [9.17, 15) is 0 Å². The Morgan fingerprint density at radius 2 is 0.425 bits per heavy atom. The fraction of sp³-hybridized carbons (Fsp3) is 0. The molecule has 2 aliphatic rings. The van der Waals surface area contributed by atoms with Crippen molar-refractivity contribution >= 4 is 210 Å². The lowest BCUT2D eigenvalue weighted by molar-refractivity contribution is 0.488. The summed E-state index contributed by atoms with van der Waals surface area (Å²) in [5, 5.41) is 21.9. The average Bonchev–Trinajstić information content (AvgIpc) is 1.16. The molecule has 564 valence electrons. The first kappa shape index (κ1) is 69.3. The molecule has 0 spiro atoms. The van der Waals surface area contributed by atoms with E-state index in [-0.39, 0.29) is 0 Å². The molecule has 26 rings (SSSR count). The Morgan fingerprint density at radius 1 is 0.183 bits per heavy atom. The summed E-state index contributed by atoms with van der Waals surface area (Å²) in [4.78, 5) is 2.49. The van der Waals surface area contributed by atoms with E-state index in [0.29, 0.717) is 0 Å². The topological polar surface area (TPSA) is 38.8 Å². The second-order valence-corrected chi connectivity index (χ2v) is 41.1. The molecule has 120 heavy (non-hydrogen) atoms. The molecule has 0 fully saturated rings. The largest absolute Gasteiger partial charge is 0.456 e. The van der Waals surface area contributed by atoms with Gasteiger partial charge in [-0.15, -0.1) is 0 Å². The summed E-state index contributed by atoms with van der Waals surface area (Å²) in [6.07, 6.45) is 0. The third-order valence-corrected chi connectivity index (χ3v) is 36.3. The van der Waals surface area contributed by atoms with Gasteiger partial charge in [-0.25, -0.2) is 0 Å². The molecular weight excluding hydrogens is 1560 g/mol. The van der Waals surface area contributed by atoms with Crippen LogP contribution in [0.4, 0.5) is 0 Å². The molecule has 0 aliphatic carbocycles. The van der Waals surface area contributed by atoms with E-state index < -0.39 is 12.1 Å². The molecule has 0 N–H and O–H groups in total. The zero-order chi connectivity index (χ0) is 79.1. The van der Waals surface area contributed by atoms with Crippen molar-refractivity contribution in [1.29, 1.82) is 0 Å². The van der Waals surface area contributed by atoms with Gasteiger partial charge in [-0.1, -0.05) is 272 Å². The van der Waals surface area contributed by atoms with Gasteiger partial charge in [-0.05, 0) is 180 Å². The molecule has 6 aromatic heterocycles. The van der Waals surface area contributed by atoms with Gasteiger partial charge in [0.05, 0.1) is 66.2 Å². The van der Waals surface area contributed by atoms with Gasteiger partial charge < -0.3 is 32.1 Å². The molecule has 2 atom stereocenters. The SMILES string of the molecule is S=P1(c2ccccc2)c2ccccc2Oc2cc(-n3c4ccc(-n5c6ccccc6c6ccccc65)cc4c4cc(-n5c6ccccc6c6ccccc65)ccc43)ccc21.S=P1(c2ccccc2)c2ccccc2Sc2cc(-n3c4ccc(-n5c6ccccc6c6ccccc65)cc4c4cc(-n5c6ccccc6c6ccccc65)ccc43)ccc21. The van der Waals surface area contributed by atoms with E-state index in [1.807, 2.05) is 17.8 Å². The minimum atomic E-state index is -2.40. The molecule has 0 saturated carbocycles. The first-order valence-corrected chi connectivity index (χ1v) is 47.0. The van der Waals surface area contributed by atoms with E-state index in [0.717, 1.165) is 83.6 Å². The summed E-state index contributed by atoms with van der Waals surface area (Å²) >= 11 is 15.5. The molecule has 24 aromatic rings. The number of benzene rings is 18. The van der Waals surface area contributed by atoms with E-state index in [2.05, 4.69) is 434 Å². The molecule has 18 aromatic carbocycles. The van der Waals surface area contributed by atoms with Crippen LogP contribution in [0.3, 0.4) is 0 Å². The maximum Gasteiger partial charge on any atom is 0.138 e. The van der Waals surface area contributed by atoms with Crippen LogP contribution in [0.5, 0.6) is 11.5 Å². The quantitative estimate of drug-likeness (QED) is 0.142. The molecule has 8 heterocycles. The molecule has 12 heteroatoms. The highest BCUT2D eigenvalue weighted by Gasteiger charge is 2.37. The highest BCUT2D eigenvalue weighted by atomic mass is 32.4. The molecule has 0 amide bonds. The van der Waals surface area contributed by atoms with Crippen molar-refractivity contribution in [3.05, 3.63) is 413 Å². The van der Waals surface area contributed by atoms with Crippen molar-refractivity contribution in [3.8, 4) is 45.6 Å². The molecule has 0 radical (unpaired) electrons. The Bertz CT molecular complexity index is 7540. The van der Waals surface area contributed by atoms with Crippen LogP contribution in [0.1, 0.15) is 0 Å². The number of rotatable bonds is 8. The minimum Gasteiger partial charge on any atom is -0.456 e. The molecule has 0 saturated heterocycles. The van der Waals surface area contributed by atoms with Gasteiger partial charge in [0, 0.05) is 148 Å². The van der Waals surface area contributed by atoms with E-state index in [1.54, 1.807) is 0 Å². The number of fused-ring (bicyclic) bond motifs is 22. The maximum absolute atomic E-state index is 6.85. The van der Waals surface area contributed by atoms with E-state index in [4.69, 9.17) is 28.4 Å². The van der Waals surface area contributed by atoms with Gasteiger partial charge in [0.25, 0.3) is 0 Å². The highest BCUT2D eigenvalue weighted by molar-refractivity contribution is 8.26. The lowest BCUT2D eigenvalue weighted by Gasteiger charge is -2.32. The summed E-state index contributed by atoms with van der Waals surface area (Å²) < 4.78 is 21.3. The number of hydrogen-bond acceptors (Lipinski definition) is 4. The average molecular weight is 1620 g/mol. The predicted octanol–water partition coefficient (Wildman–Crippen LogP) is 26.0. The van der Waals surface area contributed by atoms with Crippen LogP contribution in [-0.4, -0.2) is 27.4 Å². The van der Waals surface area contributed by atoms with Crippen molar-refractivity contribution in [1.82, 2.24) is 27.4 Å². The summed E-state index contributed by atoms with van der Waals surface area (Å²) in [5.74, 6) is 1.65. The number of para-hydroxylation sites is 9. The van der Waals surface area contributed by atoms with Gasteiger partial charge in [0.1, 0.15) is 11.5 Å². The summed E-state index contributed by atoms with van der Waals surface area (Å²) in [6.45, 7) is 0. The van der Waals surface area contributed by atoms with Crippen molar-refractivity contribution in [2.24, 2.45) is 0 Å². The van der Waals surface area contributed by atoms with Gasteiger partial charge >= 0.3 is 0 Å². The van der Waals surface area contributed by atoms with Gasteiger partial charge in [0.2, 0.25) is 0 Å². The second-order valence-electron chi connectivity index (χ2n) is 31.3. The number of ether oxygens (including phenoxy) is 1.